The van der Waals surface area contributed by atoms with Crippen LogP contribution in [0.1, 0.15) is 62.1 Å². The lowest BCUT2D eigenvalue weighted by Gasteiger charge is -2.19. The van der Waals surface area contributed by atoms with Gasteiger partial charge in [-0.2, -0.15) is 0 Å². The van der Waals surface area contributed by atoms with Crippen molar-refractivity contribution < 1.29 is 68.9 Å². The first-order valence-electron chi connectivity index (χ1n) is 8.21. The zero-order valence-corrected chi connectivity index (χ0v) is 16.6. The molecule has 14 nitrogen and oxygen atoms in total. The lowest BCUT2D eigenvalue weighted by Crippen LogP contribution is -2.29. The first-order valence-corrected chi connectivity index (χ1v) is 9.87. The van der Waals surface area contributed by atoms with Gasteiger partial charge in [-0.1, -0.05) is 0 Å². The maximum Gasteiger partial charge on any atom is 0.336 e. The summed E-state index contributed by atoms with van der Waals surface area (Å²) >= 11 is 0. The minimum absolute atomic E-state index is 0.243. The van der Waals surface area contributed by atoms with Gasteiger partial charge in [0.1, 0.15) is 0 Å². The summed E-state index contributed by atoms with van der Waals surface area (Å²) in [5.74, 6) is -11.6. The Labute approximate surface area is 181 Å². The van der Waals surface area contributed by atoms with Crippen molar-refractivity contribution in [3.05, 3.63) is 57.6 Å². The maximum atomic E-state index is 13.3. The van der Waals surface area contributed by atoms with Gasteiger partial charge in [0.15, 0.2) is 0 Å². The van der Waals surface area contributed by atoms with Crippen LogP contribution < -0.4 is 10.6 Å². The van der Waals surface area contributed by atoms with Crippen molar-refractivity contribution >= 4 is 53.8 Å². The van der Waals surface area contributed by atoms with E-state index in [4.69, 9.17) is 10.2 Å². The third-order valence-corrected chi connectivity index (χ3v) is 6.35. The third-order valence-electron chi connectivity index (χ3n) is 4.31. The van der Waals surface area contributed by atoms with Gasteiger partial charge in [-0.3, -0.25) is 4.57 Å². The molecule has 0 bridgehead atoms. The standard InChI is InChI=1S/C18H11O14P/c19-13(20)5-1-9(17(27)28)11(3-7(5)15(23)24)33(31,32)12-4-8(16(25)26)6(14(21)22)2-10(12)18(29)30/h1-4H,(H,19,20)(H,21,22)(H,23,24)(H,25,26)(H,27,28)(H,29,30)(H,31,32). The maximum absolute atomic E-state index is 13.3. The van der Waals surface area contributed by atoms with Crippen LogP contribution in [0.2, 0.25) is 0 Å². The number of hydrogen-bond donors (Lipinski definition) is 7. The summed E-state index contributed by atoms with van der Waals surface area (Å²) in [5.41, 5.74) is -6.72. The smallest absolute Gasteiger partial charge is 0.336 e. The predicted octanol–water partition coefficient (Wildman–Crippen LogP) is 0.0970. The fourth-order valence-corrected chi connectivity index (χ4v) is 4.70. The molecule has 7 N–H and O–H groups in total. The summed E-state index contributed by atoms with van der Waals surface area (Å²) in [6.07, 6.45) is 0. The van der Waals surface area contributed by atoms with E-state index in [1.54, 1.807) is 0 Å². The molecule has 0 saturated carbocycles. The van der Waals surface area contributed by atoms with Crippen molar-refractivity contribution in [1.82, 2.24) is 0 Å². The molecule has 33 heavy (non-hydrogen) atoms. The largest absolute Gasteiger partial charge is 0.478 e. The molecular formula is C18H11O14P. The van der Waals surface area contributed by atoms with E-state index in [0.29, 0.717) is 0 Å². The van der Waals surface area contributed by atoms with Gasteiger partial charge in [0, 0.05) is 0 Å². The lowest BCUT2D eigenvalue weighted by molar-refractivity contribution is 0.0649. The fourth-order valence-electron chi connectivity index (χ4n) is 2.86. The molecule has 0 aliphatic heterocycles. The number of hydrogen-bond acceptors (Lipinski definition) is 7. The van der Waals surface area contributed by atoms with Crippen LogP contribution >= 0.6 is 7.37 Å². The molecule has 2 aromatic carbocycles. The van der Waals surface area contributed by atoms with E-state index in [9.17, 15) is 58.7 Å². The van der Waals surface area contributed by atoms with Crippen LogP contribution in [0, 0.1) is 0 Å². The number of aromatic carboxylic acids is 6. The molecule has 0 aliphatic rings. The van der Waals surface area contributed by atoms with Gasteiger partial charge >= 0.3 is 35.8 Å². The van der Waals surface area contributed by atoms with Crippen molar-refractivity contribution in [3.8, 4) is 0 Å². The minimum atomic E-state index is -5.49. The van der Waals surface area contributed by atoms with Gasteiger partial charge < -0.3 is 35.5 Å². The Hall–Kier alpha value is -4.55. The van der Waals surface area contributed by atoms with Crippen molar-refractivity contribution in [2.75, 3.05) is 0 Å². The van der Waals surface area contributed by atoms with E-state index < -0.39 is 87.2 Å². The first kappa shape index (κ1) is 24.7. The van der Waals surface area contributed by atoms with Crippen molar-refractivity contribution in [3.63, 3.8) is 0 Å². The summed E-state index contributed by atoms with van der Waals surface area (Å²) in [6, 6.07) is 1.04. The zero-order chi connectivity index (χ0) is 25.4. The highest BCUT2D eigenvalue weighted by Gasteiger charge is 2.37. The molecule has 172 valence electrons. The zero-order valence-electron chi connectivity index (χ0n) is 15.7. The summed E-state index contributed by atoms with van der Waals surface area (Å²) in [4.78, 5) is 79.5. The van der Waals surface area contributed by atoms with E-state index in [1.807, 2.05) is 0 Å². The van der Waals surface area contributed by atoms with Crippen LogP contribution in [-0.4, -0.2) is 71.3 Å². The molecule has 0 saturated heterocycles. The van der Waals surface area contributed by atoms with Gasteiger partial charge in [0.25, 0.3) is 7.37 Å². The van der Waals surface area contributed by atoms with E-state index in [2.05, 4.69) is 0 Å². The molecule has 0 fully saturated rings. The number of carbonyl (C=O) groups is 6. The normalized spacial score (nSPS) is 10.9. The number of benzene rings is 2. The Morgan fingerprint density at radius 3 is 0.879 bits per heavy atom. The SMILES string of the molecule is O=C(O)c1cc(C(=O)O)c(P(=O)(O)c2cc(C(=O)O)c(C(=O)O)cc2C(=O)O)cc1C(=O)O. The Bertz CT molecular complexity index is 1220. The lowest BCUT2D eigenvalue weighted by atomic mass is 10.0. The molecule has 0 heterocycles. The number of carboxylic acids is 6. The van der Waals surface area contributed by atoms with Crippen molar-refractivity contribution in [2.45, 2.75) is 0 Å². The second kappa shape index (κ2) is 8.53. The summed E-state index contributed by atoms with van der Waals surface area (Å²) in [7, 11) is -5.49. The molecule has 2 aromatic rings. The Balaban J connectivity index is 3.07. The van der Waals surface area contributed by atoms with Gasteiger partial charge in [0.2, 0.25) is 0 Å². The van der Waals surface area contributed by atoms with Crippen LogP contribution in [0.25, 0.3) is 0 Å². The van der Waals surface area contributed by atoms with Crippen LogP contribution in [0.5, 0.6) is 0 Å². The molecule has 0 amide bonds. The molecule has 0 unspecified atom stereocenters. The minimum Gasteiger partial charge on any atom is -0.478 e. The first-order chi connectivity index (χ1) is 15.1. The monoisotopic (exact) mass is 482 g/mol. The van der Waals surface area contributed by atoms with Gasteiger partial charge in [-0.05, 0) is 24.3 Å². The average molecular weight is 482 g/mol. The molecule has 0 spiro atoms. The highest BCUT2D eigenvalue weighted by atomic mass is 31.2. The van der Waals surface area contributed by atoms with E-state index >= 15 is 0 Å². The number of carboxylic acid groups (broad SMARTS) is 6. The summed E-state index contributed by atoms with van der Waals surface area (Å²) in [6.45, 7) is 0. The van der Waals surface area contributed by atoms with Crippen molar-refractivity contribution in [2.24, 2.45) is 0 Å². The van der Waals surface area contributed by atoms with E-state index in [0.717, 1.165) is 0 Å². The second-order valence-electron chi connectivity index (χ2n) is 6.24. The van der Waals surface area contributed by atoms with Gasteiger partial charge in [-0.15, -0.1) is 0 Å². The highest BCUT2D eigenvalue weighted by Crippen LogP contribution is 2.42. The van der Waals surface area contributed by atoms with E-state index in [1.165, 1.54) is 0 Å². The average Bonchev–Trinajstić information content (AvgIpc) is 2.71. The van der Waals surface area contributed by atoms with Crippen LogP contribution in [0.15, 0.2) is 24.3 Å². The molecule has 15 heteroatoms. The molecule has 2 rings (SSSR count). The van der Waals surface area contributed by atoms with Crippen LogP contribution in [0.3, 0.4) is 0 Å². The molecular weight excluding hydrogens is 471 g/mol. The van der Waals surface area contributed by atoms with Crippen LogP contribution in [0.4, 0.5) is 0 Å². The van der Waals surface area contributed by atoms with Crippen LogP contribution in [-0.2, 0) is 4.57 Å². The quantitative estimate of drug-likeness (QED) is 0.246. The van der Waals surface area contributed by atoms with Gasteiger partial charge in [-0.25, -0.2) is 28.8 Å². The topological polar surface area (TPSA) is 261 Å². The Morgan fingerprint density at radius 2 is 0.667 bits per heavy atom. The number of rotatable bonds is 8. The Morgan fingerprint density at radius 1 is 0.455 bits per heavy atom. The van der Waals surface area contributed by atoms with Crippen molar-refractivity contribution in [1.29, 1.82) is 0 Å². The fraction of sp³-hybridized carbons (Fsp3) is 0. The summed E-state index contributed by atoms with van der Waals surface area (Å²) < 4.78 is 13.3. The van der Waals surface area contributed by atoms with E-state index in [-0.39, 0.29) is 24.3 Å². The summed E-state index contributed by atoms with van der Waals surface area (Å²) in [5, 5.41) is 53.1. The highest BCUT2D eigenvalue weighted by molar-refractivity contribution is 7.73. The third kappa shape index (κ3) is 4.42. The van der Waals surface area contributed by atoms with Gasteiger partial charge in [0.05, 0.1) is 44.0 Å². The molecule has 0 atom stereocenters. The molecule has 0 aromatic heterocycles. The second-order valence-corrected chi connectivity index (χ2v) is 8.35. The molecule has 0 aliphatic carbocycles. The predicted molar refractivity (Wildman–Crippen MR) is 104 cm³/mol. The Kier molecular flexibility index (Phi) is 6.39. The molecule has 0 radical (unpaired) electrons.